The van der Waals surface area contributed by atoms with Gasteiger partial charge in [0.25, 0.3) is 0 Å². The summed E-state index contributed by atoms with van der Waals surface area (Å²) in [6, 6.07) is 0. The van der Waals surface area contributed by atoms with Gasteiger partial charge in [-0.05, 0) is 6.42 Å². The molecule has 5 nitrogen and oxygen atoms in total. The van der Waals surface area contributed by atoms with Crippen LogP contribution in [-0.2, 0) is 9.59 Å². The van der Waals surface area contributed by atoms with Gasteiger partial charge in [-0.15, -0.1) is 0 Å². The smallest absolute Gasteiger partial charge is 0.239 e. The van der Waals surface area contributed by atoms with Gasteiger partial charge in [0, 0.05) is 13.1 Å². The highest BCUT2D eigenvalue weighted by Gasteiger charge is 2.17. The van der Waals surface area contributed by atoms with E-state index in [4.69, 9.17) is 5.73 Å². The van der Waals surface area contributed by atoms with Gasteiger partial charge in [0.15, 0.2) is 0 Å². The predicted molar refractivity (Wildman–Crippen MR) is 43.3 cm³/mol. The minimum atomic E-state index is -0.160. The molecular formula is C7H13N3O2. The minimum Gasteiger partial charge on any atom is -0.354 e. The fraction of sp³-hybridized carbons (Fsp3) is 0.714. The Kier molecular flexibility index (Phi) is 3.04. The van der Waals surface area contributed by atoms with Crippen LogP contribution in [-0.4, -0.2) is 42.9 Å². The molecule has 2 amide bonds. The van der Waals surface area contributed by atoms with Crippen molar-refractivity contribution in [3.05, 3.63) is 0 Å². The molecule has 3 N–H and O–H groups in total. The number of rotatable bonds is 1. The van der Waals surface area contributed by atoms with E-state index in [2.05, 4.69) is 5.32 Å². The van der Waals surface area contributed by atoms with Crippen molar-refractivity contribution in [3.63, 3.8) is 0 Å². The normalized spacial score (nSPS) is 18.4. The average Bonchev–Trinajstić information content (AvgIpc) is 2.28. The Labute approximate surface area is 70.9 Å². The summed E-state index contributed by atoms with van der Waals surface area (Å²) in [5.41, 5.74) is 5.18. The first-order chi connectivity index (χ1) is 5.74. The lowest BCUT2D eigenvalue weighted by Crippen LogP contribution is -2.40. The summed E-state index contributed by atoms with van der Waals surface area (Å²) < 4.78 is 0. The van der Waals surface area contributed by atoms with Crippen molar-refractivity contribution in [1.29, 1.82) is 0 Å². The lowest BCUT2D eigenvalue weighted by atomic mass is 10.4. The van der Waals surface area contributed by atoms with E-state index in [0.29, 0.717) is 13.1 Å². The van der Waals surface area contributed by atoms with Crippen LogP contribution < -0.4 is 11.1 Å². The van der Waals surface area contributed by atoms with E-state index in [1.165, 1.54) is 4.90 Å². The second-order valence-corrected chi connectivity index (χ2v) is 2.72. The molecule has 1 saturated heterocycles. The number of amides is 2. The predicted octanol–water partition coefficient (Wildman–Crippen LogP) is -1.71. The van der Waals surface area contributed by atoms with Crippen LogP contribution in [0.25, 0.3) is 0 Å². The lowest BCUT2D eigenvalue weighted by molar-refractivity contribution is -0.134. The first-order valence-corrected chi connectivity index (χ1v) is 3.98. The Balaban J connectivity index is 2.51. The second-order valence-electron chi connectivity index (χ2n) is 2.72. The third kappa shape index (κ3) is 2.20. The number of hydrogen-bond donors (Lipinski definition) is 2. The Bertz CT molecular complexity index is 193. The topological polar surface area (TPSA) is 75.4 Å². The van der Waals surface area contributed by atoms with Gasteiger partial charge in [-0.2, -0.15) is 0 Å². The Morgan fingerprint density at radius 1 is 1.67 bits per heavy atom. The molecule has 0 aromatic heterocycles. The Morgan fingerprint density at radius 3 is 3.08 bits per heavy atom. The highest BCUT2D eigenvalue weighted by molar-refractivity contribution is 5.85. The maximum Gasteiger partial charge on any atom is 0.239 e. The zero-order chi connectivity index (χ0) is 8.97. The summed E-state index contributed by atoms with van der Waals surface area (Å²) >= 11 is 0. The number of carbonyl (C=O) groups is 2. The number of nitrogens with zero attached hydrogens (tertiary/aromatic N) is 1. The quantitative estimate of drug-likeness (QED) is 0.493. The number of nitrogens with two attached hydrogens (primary N) is 1. The molecule has 0 atom stereocenters. The van der Waals surface area contributed by atoms with Crippen LogP contribution in [0.3, 0.4) is 0 Å². The standard InChI is InChI=1S/C7H13N3O2/c8-4-7(12)10-3-1-2-9-6(11)5-10/h1-5,8H2,(H,9,11). The van der Waals surface area contributed by atoms with Crippen LogP contribution >= 0.6 is 0 Å². The van der Waals surface area contributed by atoms with E-state index in [-0.39, 0.29) is 24.9 Å². The molecule has 0 bridgehead atoms. The zero-order valence-electron chi connectivity index (χ0n) is 6.88. The van der Waals surface area contributed by atoms with Gasteiger partial charge in [-0.3, -0.25) is 9.59 Å². The first kappa shape index (κ1) is 8.99. The third-order valence-electron chi connectivity index (χ3n) is 1.79. The zero-order valence-corrected chi connectivity index (χ0v) is 6.88. The third-order valence-corrected chi connectivity index (χ3v) is 1.79. The molecular weight excluding hydrogens is 158 g/mol. The molecule has 5 heteroatoms. The maximum atomic E-state index is 11.1. The van der Waals surface area contributed by atoms with Crippen LogP contribution in [0.5, 0.6) is 0 Å². The summed E-state index contributed by atoms with van der Waals surface area (Å²) in [4.78, 5) is 23.5. The van der Waals surface area contributed by atoms with Crippen LogP contribution in [0.1, 0.15) is 6.42 Å². The van der Waals surface area contributed by atoms with Crippen LogP contribution in [0.15, 0.2) is 0 Å². The molecule has 0 aliphatic carbocycles. The van der Waals surface area contributed by atoms with Crippen molar-refractivity contribution in [3.8, 4) is 0 Å². The first-order valence-electron chi connectivity index (χ1n) is 3.98. The lowest BCUT2D eigenvalue weighted by Gasteiger charge is -2.17. The van der Waals surface area contributed by atoms with Gasteiger partial charge < -0.3 is 16.0 Å². The van der Waals surface area contributed by atoms with E-state index >= 15 is 0 Å². The number of carbonyl (C=O) groups excluding carboxylic acids is 2. The molecule has 0 saturated carbocycles. The van der Waals surface area contributed by atoms with E-state index < -0.39 is 0 Å². The largest absolute Gasteiger partial charge is 0.354 e. The van der Waals surface area contributed by atoms with Crippen molar-refractivity contribution in [2.75, 3.05) is 26.2 Å². The summed E-state index contributed by atoms with van der Waals surface area (Å²) in [7, 11) is 0. The molecule has 1 aliphatic heterocycles. The molecule has 1 aliphatic rings. The number of nitrogens with one attached hydrogen (secondary N) is 1. The van der Waals surface area contributed by atoms with Gasteiger partial charge in [0.05, 0.1) is 13.1 Å². The molecule has 68 valence electrons. The second kappa shape index (κ2) is 4.06. The summed E-state index contributed by atoms with van der Waals surface area (Å²) in [6.45, 7) is 1.39. The summed E-state index contributed by atoms with van der Waals surface area (Å²) in [5.74, 6) is -0.263. The molecule has 0 aromatic carbocycles. The van der Waals surface area contributed by atoms with Crippen LogP contribution in [0, 0.1) is 0 Å². The molecule has 0 spiro atoms. The highest BCUT2D eigenvalue weighted by Crippen LogP contribution is 1.95. The molecule has 1 heterocycles. The SMILES string of the molecule is NCC(=O)N1CCCNC(=O)C1. The fourth-order valence-electron chi connectivity index (χ4n) is 1.15. The fourth-order valence-corrected chi connectivity index (χ4v) is 1.15. The van der Waals surface area contributed by atoms with Crippen molar-refractivity contribution >= 4 is 11.8 Å². The van der Waals surface area contributed by atoms with E-state index in [1.54, 1.807) is 0 Å². The van der Waals surface area contributed by atoms with Gasteiger partial charge in [0.2, 0.25) is 11.8 Å². The molecule has 1 fully saturated rings. The monoisotopic (exact) mass is 171 g/mol. The van der Waals surface area contributed by atoms with E-state index in [1.807, 2.05) is 0 Å². The highest BCUT2D eigenvalue weighted by atomic mass is 16.2. The van der Waals surface area contributed by atoms with E-state index in [9.17, 15) is 9.59 Å². The van der Waals surface area contributed by atoms with Gasteiger partial charge in [-0.25, -0.2) is 0 Å². The van der Waals surface area contributed by atoms with Crippen LogP contribution in [0.4, 0.5) is 0 Å². The molecule has 1 rings (SSSR count). The van der Waals surface area contributed by atoms with Gasteiger partial charge >= 0.3 is 0 Å². The molecule has 0 radical (unpaired) electrons. The van der Waals surface area contributed by atoms with Gasteiger partial charge in [-0.1, -0.05) is 0 Å². The maximum absolute atomic E-state index is 11.1. The van der Waals surface area contributed by atoms with Crippen molar-refractivity contribution < 1.29 is 9.59 Å². The van der Waals surface area contributed by atoms with Crippen molar-refractivity contribution in [2.45, 2.75) is 6.42 Å². The minimum absolute atomic E-state index is 0.0206. The Hall–Kier alpha value is -1.10. The van der Waals surface area contributed by atoms with Crippen LogP contribution in [0.2, 0.25) is 0 Å². The molecule has 0 aromatic rings. The summed E-state index contributed by atoms with van der Waals surface area (Å²) in [6.07, 6.45) is 0.803. The van der Waals surface area contributed by atoms with Gasteiger partial charge in [0.1, 0.15) is 0 Å². The summed E-state index contributed by atoms with van der Waals surface area (Å²) in [5, 5.41) is 2.68. The molecule has 0 unspecified atom stereocenters. The number of hydrogen-bond acceptors (Lipinski definition) is 3. The van der Waals surface area contributed by atoms with Crippen molar-refractivity contribution in [1.82, 2.24) is 10.2 Å². The van der Waals surface area contributed by atoms with Crippen molar-refractivity contribution in [2.24, 2.45) is 5.73 Å². The Morgan fingerprint density at radius 2 is 2.42 bits per heavy atom. The average molecular weight is 171 g/mol. The molecule has 12 heavy (non-hydrogen) atoms. The van der Waals surface area contributed by atoms with E-state index in [0.717, 1.165) is 6.42 Å².